The molecule has 0 saturated carbocycles. The average Bonchev–Trinajstić information content (AvgIpc) is 3.36. The first-order valence-corrected chi connectivity index (χ1v) is 9.91. The molecular formula is C17H19ClN4O2S2. The highest BCUT2D eigenvalue weighted by Gasteiger charge is 2.25. The summed E-state index contributed by atoms with van der Waals surface area (Å²) in [6.45, 7) is 2.01. The molecule has 0 radical (unpaired) electrons. The van der Waals surface area contributed by atoms with E-state index in [0.717, 1.165) is 16.9 Å². The monoisotopic (exact) mass is 410 g/mol. The quantitative estimate of drug-likeness (QED) is 0.716. The van der Waals surface area contributed by atoms with E-state index < -0.39 is 0 Å². The number of hydrogen-bond donors (Lipinski definition) is 1. The van der Waals surface area contributed by atoms with Crippen LogP contribution in [0, 0.1) is 5.92 Å². The molecule has 1 aliphatic heterocycles. The number of carbonyl (C=O) groups is 1. The third-order valence-electron chi connectivity index (χ3n) is 4.62. The fraction of sp³-hybridized carbons (Fsp3) is 0.353. The summed E-state index contributed by atoms with van der Waals surface area (Å²) in [4.78, 5) is 33.4. The van der Waals surface area contributed by atoms with Crippen molar-refractivity contribution in [3.8, 4) is 10.4 Å². The zero-order chi connectivity index (χ0) is 17.4. The maximum atomic E-state index is 12.9. The van der Waals surface area contributed by atoms with Crippen LogP contribution in [0.2, 0.25) is 0 Å². The summed E-state index contributed by atoms with van der Waals surface area (Å²) in [6, 6.07) is 3.95. The number of likely N-dealkylation sites (tertiary alicyclic amines) is 1. The highest BCUT2D eigenvalue weighted by molar-refractivity contribution is 7.18. The van der Waals surface area contributed by atoms with Gasteiger partial charge in [-0.15, -0.1) is 35.1 Å². The Kier molecular flexibility index (Phi) is 5.76. The van der Waals surface area contributed by atoms with Crippen molar-refractivity contribution in [3.63, 3.8) is 0 Å². The van der Waals surface area contributed by atoms with Crippen LogP contribution in [0.1, 0.15) is 6.42 Å². The molecule has 2 N–H and O–H groups in total. The highest BCUT2D eigenvalue weighted by atomic mass is 35.5. The van der Waals surface area contributed by atoms with Crippen LogP contribution in [0.5, 0.6) is 0 Å². The number of carbonyl (C=O) groups excluding carboxylic acids is 1. The number of nitrogens with two attached hydrogens (primary N) is 1. The first kappa shape index (κ1) is 19.0. The molecule has 6 nitrogen and oxygen atoms in total. The van der Waals surface area contributed by atoms with Crippen molar-refractivity contribution in [3.05, 3.63) is 39.6 Å². The molecule has 4 heterocycles. The van der Waals surface area contributed by atoms with Gasteiger partial charge in [0.15, 0.2) is 0 Å². The Labute approximate surface area is 164 Å². The Morgan fingerprint density at radius 2 is 2.23 bits per heavy atom. The minimum atomic E-state index is -0.155. The van der Waals surface area contributed by atoms with Crippen molar-refractivity contribution < 1.29 is 4.79 Å². The molecule has 138 valence electrons. The van der Waals surface area contributed by atoms with E-state index in [1.165, 1.54) is 22.2 Å². The predicted molar refractivity (Wildman–Crippen MR) is 108 cm³/mol. The topological polar surface area (TPSA) is 81.2 Å². The fourth-order valence-corrected chi connectivity index (χ4v) is 4.91. The van der Waals surface area contributed by atoms with E-state index in [2.05, 4.69) is 4.98 Å². The number of amides is 1. The van der Waals surface area contributed by atoms with Crippen molar-refractivity contribution in [1.29, 1.82) is 0 Å². The molecule has 3 aromatic heterocycles. The first-order chi connectivity index (χ1) is 12.2. The number of halogens is 1. The van der Waals surface area contributed by atoms with Crippen molar-refractivity contribution in [2.75, 3.05) is 19.6 Å². The lowest BCUT2D eigenvalue weighted by molar-refractivity contribution is -0.130. The standard InChI is InChI=1S/C17H18N4O2S2.ClH/c18-6-11-3-4-20(7-11)14(22)8-21-10-19-16-15(17(21)23)12(9-25-16)13-2-1-5-24-13;/h1-2,5,9-11H,3-4,6-8,18H2;1H. The van der Waals surface area contributed by atoms with Gasteiger partial charge < -0.3 is 10.6 Å². The van der Waals surface area contributed by atoms with E-state index in [-0.39, 0.29) is 30.4 Å². The maximum Gasteiger partial charge on any atom is 0.263 e. The van der Waals surface area contributed by atoms with Gasteiger partial charge in [0.25, 0.3) is 5.56 Å². The molecule has 9 heteroatoms. The van der Waals surface area contributed by atoms with Crippen LogP contribution in [-0.2, 0) is 11.3 Å². The summed E-state index contributed by atoms with van der Waals surface area (Å²) < 4.78 is 1.42. The molecule has 26 heavy (non-hydrogen) atoms. The number of hydrogen-bond acceptors (Lipinski definition) is 6. The molecule has 1 fully saturated rings. The third-order valence-corrected chi connectivity index (χ3v) is 6.41. The zero-order valence-corrected chi connectivity index (χ0v) is 16.4. The summed E-state index contributed by atoms with van der Waals surface area (Å²) >= 11 is 3.05. The smallest absolute Gasteiger partial charge is 0.263 e. The number of rotatable bonds is 4. The van der Waals surface area contributed by atoms with Crippen molar-refractivity contribution in [2.45, 2.75) is 13.0 Å². The average molecular weight is 411 g/mol. The van der Waals surface area contributed by atoms with Gasteiger partial charge in [-0.05, 0) is 30.3 Å². The predicted octanol–water partition coefficient (Wildman–Crippen LogP) is 2.42. The molecule has 0 spiro atoms. The van der Waals surface area contributed by atoms with Crippen LogP contribution in [0.25, 0.3) is 20.7 Å². The summed E-state index contributed by atoms with van der Waals surface area (Å²) in [5.41, 5.74) is 6.43. The Bertz CT molecular complexity index is 967. The van der Waals surface area contributed by atoms with Gasteiger partial charge in [-0.1, -0.05) is 6.07 Å². The van der Waals surface area contributed by atoms with Crippen LogP contribution in [0.3, 0.4) is 0 Å². The van der Waals surface area contributed by atoms with Gasteiger partial charge in [-0.2, -0.15) is 0 Å². The summed E-state index contributed by atoms with van der Waals surface area (Å²) in [7, 11) is 0. The molecule has 1 amide bonds. The Hall–Kier alpha value is -1.74. The molecule has 0 aliphatic carbocycles. The second-order valence-corrected chi connectivity index (χ2v) is 8.02. The molecule has 1 atom stereocenters. The van der Waals surface area contributed by atoms with Crippen LogP contribution in [0.4, 0.5) is 0 Å². The van der Waals surface area contributed by atoms with Crippen molar-refractivity contribution >= 4 is 51.2 Å². The van der Waals surface area contributed by atoms with Crippen LogP contribution in [-0.4, -0.2) is 40.0 Å². The Morgan fingerprint density at radius 3 is 2.92 bits per heavy atom. The molecule has 3 aromatic rings. The second-order valence-electron chi connectivity index (χ2n) is 6.21. The van der Waals surface area contributed by atoms with Gasteiger partial charge in [0.05, 0.1) is 11.7 Å². The van der Waals surface area contributed by atoms with E-state index in [9.17, 15) is 9.59 Å². The highest BCUT2D eigenvalue weighted by Crippen LogP contribution is 2.33. The van der Waals surface area contributed by atoms with E-state index in [4.69, 9.17) is 5.73 Å². The normalized spacial score (nSPS) is 16.8. The number of fused-ring (bicyclic) bond motifs is 1. The van der Waals surface area contributed by atoms with Crippen molar-refractivity contribution in [1.82, 2.24) is 14.5 Å². The largest absolute Gasteiger partial charge is 0.341 e. The van der Waals surface area contributed by atoms with Gasteiger partial charge in [0, 0.05) is 28.9 Å². The summed E-state index contributed by atoms with van der Waals surface area (Å²) in [5, 5.41) is 4.55. The number of nitrogens with zero attached hydrogens (tertiary/aromatic N) is 3. The van der Waals surface area contributed by atoms with Crippen LogP contribution < -0.4 is 11.3 Å². The molecule has 1 saturated heterocycles. The molecule has 1 unspecified atom stereocenters. The SMILES string of the molecule is Cl.NCC1CCN(C(=O)Cn2cnc3scc(-c4cccs4)c3c2=O)C1. The van der Waals surface area contributed by atoms with Gasteiger partial charge in [0.1, 0.15) is 11.4 Å². The van der Waals surface area contributed by atoms with Gasteiger partial charge in [0.2, 0.25) is 5.91 Å². The summed E-state index contributed by atoms with van der Waals surface area (Å²) in [6.07, 6.45) is 2.41. The minimum absolute atomic E-state index is 0. The lowest BCUT2D eigenvalue weighted by Crippen LogP contribution is -2.35. The first-order valence-electron chi connectivity index (χ1n) is 8.15. The van der Waals surface area contributed by atoms with Gasteiger partial charge in [-0.25, -0.2) is 4.98 Å². The van der Waals surface area contributed by atoms with E-state index >= 15 is 0 Å². The Morgan fingerprint density at radius 1 is 1.38 bits per heavy atom. The summed E-state index contributed by atoms with van der Waals surface area (Å²) in [5.74, 6) is 0.315. The molecule has 1 aliphatic rings. The van der Waals surface area contributed by atoms with Crippen LogP contribution >= 0.6 is 35.1 Å². The van der Waals surface area contributed by atoms with Crippen molar-refractivity contribution in [2.24, 2.45) is 11.7 Å². The molecular weight excluding hydrogens is 392 g/mol. The molecule has 0 aromatic carbocycles. The Balaban J connectivity index is 0.00000196. The van der Waals surface area contributed by atoms with Gasteiger partial charge >= 0.3 is 0 Å². The minimum Gasteiger partial charge on any atom is -0.341 e. The second kappa shape index (κ2) is 7.87. The van der Waals surface area contributed by atoms with E-state index in [1.54, 1.807) is 16.2 Å². The lowest BCUT2D eigenvalue weighted by Gasteiger charge is -2.16. The fourth-order valence-electron chi connectivity index (χ4n) is 3.19. The van der Waals surface area contributed by atoms with Crippen LogP contribution in [0.15, 0.2) is 34.0 Å². The third kappa shape index (κ3) is 3.42. The lowest BCUT2D eigenvalue weighted by atomic mass is 10.1. The van der Waals surface area contributed by atoms with Gasteiger partial charge in [-0.3, -0.25) is 14.2 Å². The zero-order valence-electron chi connectivity index (χ0n) is 14.0. The van der Waals surface area contributed by atoms with E-state index in [1.807, 2.05) is 22.9 Å². The number of thiophene rings is 2. The maximum absolute atomic E-state index is 12.9. The molecule has 4 rings (SSSR count). The van der Waals surface area contributed by atoms with E-state index in [0.29, 0.717) is 35.8 Å². The number of aromatic nitrogens is 2. The molecule has 0 bridgehead atoms.